The van der Waals surface area contributed by atoms with E-state index in [1.165, 1.54) is 23.2 Å². The summed E-state index contributed by atoms with van der Waals surface area (Å²) in [6.07, 6.45) is 1.18. The van der Waals surface area contributed by atoms with Crippen LogP contribution in [0.2, 0.25) is 0 Å². The number of hydrogen-bond donors (Lipinski definition) is 1. The van der Waals surface area contributed by atoms with Gasteiger partial charge in [0.05, 0.1) is 7.11 Å². The number of rotatable bonds is 4. The van der Waals surface area contributed by atoms with Crippen LogP contribution in [0.5, 0.6) is 5.75 Å². The molecule has 1 atom stereocenters. The van der Waals surface area contributed by atoms with Crippen LogP contribution in [-0.4, -0.2) is 25.7 Å². The average molecular weight is 290 g/mol. The number of anilines is 1. The smallest absolute Gasteiger partial charge is 0.125 e. The minimum atomic E-state index is 0.190. The van der Waals surface area contributed by atoms with Crippen molar-refractivity contribution in [2.45, 2.75) is 65.1 Å². The molecule has 118 valence electrons. The molecule has 0 amide bonds. The Morgan fingerprint density at radius 3 is 2.62 bits per heavy atom. The molecule has 1 aliphatic rings. The highest BCUT2D eigenvalue weighted by Gasteiger charge is 2.34. The molecule has 3 nitrogen and oxygen atoms in total. The van der Waals surface area contributed by atoms with Crippen LogP contribution in [-0.2, 0) is 6.54 Å². The molecule has 1 heterocycles. The van der Waals surface area contributed by atoms with Gasteiger partial charge in [0.2, 0.25) is 0 Å². The molecule has 0 aromatic heterocycles. The summed E-state index contributed by atoms with van der Waals surface area (Å²) < 4.78 is 5.63. The van der Waals surface area contributed by atoms with E-state index >= 15 is 0 Å². The molecule has 0 unspecified atom stereocenters. The van der Waals surface area contributed by atoms with Crippen molar-refractivity contribution in [2.75, 3.05) is 19.1 Å². The monoisotopic (exact) mass is 290 g/mol. The predicted octanol–water partition coefficient (Wildman–Crippen LogP) is 3.92. The van der Waals surface area contributed by atoms with Crippen molar-refractivity contribution in [3.05, 3.63) is 23.3 Å². The van der Waals surface area contributed by atoms with Crippen molar-refractivity contribution >= 4 is 5.69 Å². The Morgan fingerprint density at radius 1 is 1.38 bits per heavy atom. The summed E-state index contributed by atoms with van der Waals surface area (Å²) in [6.45, 7) is 12.2. The lowest BCUT2D eigenvalue weighted by Gasteiger charge is -2.45. The fourth-order valence-electron chi connectivity index (χ4n) is 3.28. The maximum absolute atomic E-state index is 5.63. The number of ether oxygens (including phenoxy) is 1. The molecule has 1 aromatic carbocycles. The minimum absolute atomic E-state index is 0.190. The highest BCUT2D eigenvalue weighted by molar-refractivity contribution is 5.64. The van der Waals surface area contributed by atoms with Gasteiger partial charge in [-0.1, -0.05) is 20.8 Å². The molecule has 1 aliphatic heterocycles. The van der Waals surface area contributed by atoms with Crippen molar-refractivity contribution in [2.24, 2.45) is 0 Å². The zero-order valence-electron chi connectivity index (χ0n) is 14.6. The quantitative estimate of drug-likeness (QED) is 0.909. The molecule has 0 bridgehead atoms. The maximum atomic E-state index is 5.63. The standard InChI is InChI=1S/C18H30N2O/c1-12(2)19-11-14-8-15-13(3)10-18(4,5)20(6)16(15)9-17(14)21-7/h8-9,12-13,19H,10-11H2,1-7H3/t13-/m1/s1. The molecule has 0 spiro atoms. The predicted molar refractivity (Wildman–Crippen MR) is 90.5 cm³/mol. The first-order chi connectivity index (χ1) is 9.76. The molecule has 2 rings (SSSR count). The van der Waals surface area contributed by atoms with Crippen LogP contribution in [0, 0.1) is 0 Å². The number of nitrogens with one attached hydrogen (secondary N) is 1. The van der Waals surface area contributed by atoms with Gasteiger partial charge in [0.15, 0.2) is 0 Å². The SMILES string of the molecule is COc1cc2c(cc1CNC(C)C)[C@H](C)CC(C)(C)N2C. The van der Waals surface area contributed by atoms with E-state index in [1.54, 1.807) is 7.11 Å². The second-order valence-electron chi connectivity index (χ2n) is 7.24. The summed E-state index contributed by atoms with van der Waals surface area (Å²) in [4.78, 5) is 2.39. The second-order valence-corrected chi connectivity index (χ2v) is 7.24. The van der Waals surface area contributed by atoms with Crippen molar-refractivity contribution in [3.8, 4) is 5.75 Å². The topological polar surface area (TPSA) is 24.5 Å². The van der Waals surface area contributed by atoms with E-state index in [4.69, 9.17) is 4.74 Å². The van der Waals surface area contributed by atoms with Gasteiger partial charge in [-0.05, 0) is 37.8 Å². The van der Waals surface area contributed by atoms with E-state index in [2.05, 4.69) is 64.0 Å². The van der Waals surface area contributed by atoms with Gasteiger partial charge in [-0.3, -0.25) is 0 Å². The third-order valence-corrected chi connectivity index (χ3v) is 4.74. The summed E-state index contributed by atoms with van der Waals surface area (Å²) in [5.41, 5.74) is 4.20. The fraction of sp³-hybridized carbons (Fsp3) is 0.667. The number of nitrogens with zero attached hydrogens (tertiary/aromatic N) is 1. The van der Waals surface area contributed by atoms with Crippen molar-refractivity contribution in [3.63, 3.8) is 0 Å². The Hall–Kier alpha value is -1.22. The van der Waals surface area contributed by atoms with E-state index in [0.29, 0.717) is 12.0 Å². The third-order valence-electron chi connectivity index (χ3n) is 4.74. The van der Waals surface area contributed by atoms with Crippen LogP contribution in [0.25, 0.3) is 0 Å². The van der Waals surface area contributed by atoms with Gasteiger partial charge < -0.3 is 15.0 Å². The summed E-state index contributed by atoms with van der Waals surface area (Å²) in [5.74, 6) is 1.56. The summed E-state index contributed by atoms with van der Waals surface area (Å²) in [7, 11) is 3.95. The van der Waals surface area contributed by atoms with Crippen molar-refractivity contribution < 1.29 is 4.74 Å². The van der Waals surface area contributed by atoms with E-state index < -0.39 is 0 Å². The lowest BCUT2D eigenvalue weighted by Crippen LogP contribution is -2.45. The highest BCUT2D eigenvalue weighted by atomic mass is 16.5. The molecular formula is C18H30N2O. The zero-order valence-corrected chi connectivity index (χ0v) is 14.6. The summed E-state index contributed by atoms with van der Waals surface area (Å²) in [6, 6.07) is 5.02. The highest BCUT2D eigenvalue weighted by Crippen LogP contribution is 2.44. The van der Waals surface area contributed by atoms with Crippen LogP contribution in [0.4, 0.5) is 5.69 Å². The molecule has 0 fully saturated rings. The van der Waals surface area contributed by atoms with E-state index in [1.807, 2.05) is 0 Å². The van der Waals surface area contributed by atoms with Gasteiger partial charge in [0.25, 0.3) is 0 Å². The Morgan fingerprint density at radius 2 is 2.05 bits per heavy atom. The van der Waals surface area contributed by atoms with Crippen molar-refractivity contribution in [1.29, 1.82) is 0 Å². The van der Waals surface area contributed by atoms with Gasteiger partial charge in [-0.15, -0.1) is 0 Å². The van der Waals surface area contributed by atoms with Gasteiger partial charge in [0.1, 0.15) is 5.75 Å². The Bertz CT molecular complexity index is 508. The van der Waals surface area contributed by atoms with Crippen LogP contribution >= 0.6 is 0 Å². The zero-order chi connectivity index (χ0) is 15.8. The number of benzene rings is 1. The molecule has 0 saturated heterocycles. The Labute approximate surface area is 129 Å². The first-order valence-electron chi connectivity index (χ1n) is 7.94. The molecule has 21 heavy (non-hydrogen) atoms. The molecular weight excluding hydrogens is 260 g/mol. The minimum Gasteiger partial charge on any atom is -0.496 e. The van der Waals surface area contributed by atoms with Crippen LogP contribution in [0.1, 0.15) is 58.1 Å². The second kappa shape index (κ2) is 5.88. The fourth-order valence-corrected chi connectivity index (χ4v) is 3.28. The number of hydrogen-bond acceptors (Lipinski definition) is 3. The lowest BCUT2D eigenvalue weighted by atomic mass is 9.80. The van der Waals surface area contributed by atoms with E-state index in [9.17, 15) is 0 Å². The normalized spacial score (nSPS) is 20.6. The van der Waals surface area contributed by atoms with Crippen LogP contribution in [0.3, 0.4) is 0 Å². The largest absolute Gasteiger partial charge is 0.496 e. The molecule has 0 radical (unpaired) electrons. The number of methoxy groups -OCH3 is 1. The molecule has 3 heteroatoms. The first kappa shape index (κ1) is 16.2. The van der Waals surface area contributed by atoms with Gasteiger partial charge >= 0.3 is 0 Å². The average Bonchev–Trinajstić information content (AvgIpc) is 2.41. The molecule has 0 saturated carbocycles. The van der Waals surface area contributed by atoms with Gasteiger partial charge in [-0.25, -0.2) is 0 Å². The van der Waals surface area contributed by atoms with Gasteiger partial charge in [0, 0.05) is 42.5 Å². The summed E-state index contributed by atoms with van der Waals surface area (Å²) >= 11 is 0. The van der Waals surface area contributed by atoms with E-state index in [-0.39, 0.29) is 5.54 Å². The van der Waals surface area contributed by atoms with Gasteiger partial charge in [-0.2, -0.15) is 0 Å². The van der Waals surface area contributed by atoms with Crippen molar-refractivity contribution in [1.82, 2.24) is 5.32 Å². The lowest BCUT2D eigenvalue weighted by molar-refractivity contribution is 0.386. The van der Waals surface area contributed by atoms with Crippen LogP contribution < -0.4 is 15.0 Å². The van der Waals surface area contributed by atoms with Crippen LogP contribution in [0.15, 0.2) is 12.1 Å². The number of fused-ring (bicyclic) bond motifs is 1. The molecule has 1 N–H and O–H groups in total. The van der Waals surface area contributed by atoms with E-state index in [0.717, 1.165) is 12.3 Å². The maximum Gasteiger partial charge on any atom is 0.125 e. The Kier molecular flexibility index (Phi) is 4.52. The molecule has 1 aromatic rings. The first-order valence-corrected chi connectivity index (χ1v) is 7.94. The Balaban J connectivity index is 2.43. The summed E-state index contributed by atoms with van der Waals surface area (Å²) in [5, 5.41) is 3.49. The molecule has 0 aliphatic carbocycles. The third kappa shape index (κ3) is 3.18.